The summed E-state index contributed by atoms with van der Waals surface area (Å²) in [5.74, 6) is 0. The molecule has 2 rings (SSSR count). The summed E-state index contributed by atoms with van der Waals surface area (Å²) in [5.41, 5.74) is 0.321. The number of ether oxygens (including phenoxy) is 2. The number of hydrazine groups is 1. The van der Waals surface area contributed by atoms with E-state index in [1.165, 1.54) is 16.2 Å². The molecule has 166 valence electrons. The lowest BCUT2D eigenvalue weighted by Gasteiger charge is -2.35. The first-order valence-electron chi connectivity index (χ1n) is 9.93. The van der Waals surface area contributed by atoms with Crippen molar-refractivity contribution in [1.82, 2.24) is 10.0 Å². The fraction of sp³-hybridized carbons (Fsp3) is 0.571. The predicted octanol–water partition coefficient (Wildman–Crippen LogP) is 3.70. The van der Waals surface area contributed by atoms with Crippen molar-refractivity contribution in [3.63, 3.8) is 0 Å². The highest BCUT2D eigenvalue weighted by atomic mass is 16.6. The Bertz CT molecular complexity index is 727. The molecule has 1 aromatic rings. The number of carbonyl (C=O) groups is 2. The highest BCUT2D eigenvalue weighted by Crippen LogP contribution is 2.21. The largest absolute Gasteiger partial charge is 0.442 e. The van der Waals surface area contributed by atoms with Gasteiger partial charge < -0.3 is 19.6 Å². The Labute approximate surface area is 177 Å². The number of hydrogen-bond donors (Lipinski definition) is 1. The van der Waals surface area contributed by atoms with Crippen LogP contribution in [0.3, 0.4) is 0 Å². The molecule has 0 saturated carbocycles. The summed E-state index contributed by atoms with van der Waals surface area (Å²) < 4.78 is 11.0. The lowest BCUT2D eigenvalue weighted by atomic mass is 10.2. The van der Waals surface area contributed by atoms with Crippen molar-refractivity contribution in [3.05, 3.63) is 29.8 Å². The molecule has 0 radical (unpaired) electrons. The average molecular weight is 421 g/mol. The maximum atomic E-state index is 12.8. The van der Waals surface area contributed by atoms with E-state index in [0.717, 1.165) is 11.3 Å². The second-order valence-electron chi connectivity index (χ2n) is 9.03. The summed E-state index contributed by atoms with van der Waals surface area (Å²) in [4.78, 5) is 27.7. The Morgan fingerprint density at radius 3 is 1.67 bits per heavy atom. The molecule has 1 aromatic carbocycles. The molecule has 9 heteroatoms. The van der Waals surface area contributed by atoms with E-state index < -0.39 is 23.4 Å². The van der Waals surface area contributed by atoms with Crippen molar-refractivity contribution in [2.75, 3.05) is 31.1 Å². The summed E-state index contributed by atoms with van der Waals surface area (Å²) in [6, 6.07) is 7.46. The molecule has 1 aliphatic rings. The topological polar surface area (TPSA) is 94.9 Å². The fourth-order valence-electron chi connectivity index (χ4n) is 2.89. The van der Waals surface area contributed by atoms with Crippen LogP contribution in [-0.2, 0) is 9.47 Å². The molecule has 0 aromatic heterocycles. The first kappa shape index (κ1) is 23.3. The zero-order valence-electron chi connectivity index (χ0n) is 18.6. The first-order chi connectivity index (χ1) is 13.9. The molecule has 1 N–H and O–H groups in total. The molecule has 30 heavy (non-hydrogen) atoms. The Morgan fingerprint density at radius 1 is 0.867 bits per heavy atom. The van der Waals surface area contributed by atoms with Crippen molar-refractivity contribution < 1.29 is 24.3 Å². The summed E-state index contributed by atoms with van der Waals surface area (Å²) in [6.07, 6.45) is 0.162. The van der Waals surface area contributed by atoms with E-state index in [2.05, 4.69) is 10.1 Å². The average Bonchev–Trinajstić information content (AvgIpc) is 2.83. The highest BCUT2D eigenvalue weighted by molar-refractivity contribution is 5.80. The maximum Gasteiger partial charge on any atom is 0.429 e. The van der Waals surface area contributed by atoms with Gasteiger partial charge in [-0.05, 0) is 59.2 Å². The molecule has 9 nitrogen and oxygen atoms in total. The number of rotatable bonds is 2. The third kappa shape index (κ3) is 6.82. The molecular formula is C21H32N4O5. The number of oxime groups is 1. The van der Waals surface area contributed by atoms with Gasteiger partial charge in [-0.15, -0.1) is 0 Å². The van der Waals surface area contributed by atoms with E-state index in [9.17, 15) is 9.59 Å². The Morgan fingerprint density at radius 2 is 1.30 bits per heavy atom. The van der Waals surface area contributed by atoms with Crippen molar-refractivity contribution in [2.45, 2.75) is 52.7 Å². The Kier molecular flexibility index (Phi) is 7.17. The van der Waals surface area contributed by atoms with Crippen LogP contribution in [0.1, 0.15) is 47.1 Å². The minimum absolute atomic E-state index is 0.258. The van der Waals surface area contributed by atoms with E-state index in [-0.39, 0.29) is 13.1 Å². The number of carbonyl (C=O) groups excluding carboxylic acids is 2. The van der Waals surface area contributed by atoms with Crippen molar-refractivity contribution in [2.24, 2.45) is 5.16 Å². The number of benzene rings is 1. The van der Waals surface area contributed by atoms with Gasteiger partial charge in [0.05, 0.1) is 19.3 Å². The lowest BCUT2D eigenvalue weighted by Crippen LogP contribution is -2.53. The van der Waals surface area contributed by atoms with Gasteiger partial charge in [0, 0.05) is 18.8 Å². The Hall–Kier alpha value is -2.97. The molecule has 1 heterocycles. The van der Waals surface area contributed by atoms with Gasteiger partial charge in [0.25, 0.3) is 0 Å². The minimum Gasteiger partial charge on any atom is -0.442 e. The molecule has 0 aliphatic carbocycles. The third-order valence-electron chi connectivity index (χ3n) is 4.13. The predicted molar refractivity (Wildman–Crippen MR) is 114 cm³/mol. The summed E-state index contributed by atoms with van der Waals surface area (Å²) in [7, 11) is 0. The minimum atomic E-state index is -0.688. The normalized spacial score (nSPS) is 15.9. The van der Waals surface area contributed by atoms with E-state index in [0.29, 0.717) is 13.1 Å². The van der Waals surface area contributed by atoms with E-state index in [4.69, 9.17) is 14.7 Å². The number of amides is 2. The monoisotopic (exact) mass is 420 g/mol. The number of hydrogen-bond acceptors (Lipinski definition) is 7. The molecule has 2 amide bonds. The first-order valence-corrected chi connectivity index (χ1v) is 9.93. The van der Waals surface area contributed by atoms with Crippen LogP contribution in [0.2, 0.25) is 0 Å². The molecule has 1 saturated heterocycles. The summed E-state index contributed by atoms with van der Waals surface area (Å²) >= 11 is 0. The molecule has 0 atom stereocenters. The van der Waals surface area contributed by atoms with Crippen LogP contribution in [0.25, 0.3) is 0 Å². The summed E-state index contributed by atoms with van der Waals surface area (Å²) in [5, 5.41) is 14.3. The molecule has 0 spiro atoms. The van der Waals surface area contributed by atoms with Gasteiger partial charge in [-0.3, -0.25) is 0 Å². The van der Waals surface area contributed by atoms with Crippen molar-refractivity contribution in [1.29, 1.82) is 0 Å². The van der Waals surface area contributed by atoms with Crippen LogP contribution in [0.5, 0.6) is 0 Å². The van der Waals surface area contributed by atoms with Crippen LogP contribution >= 0.6 is 0 Å². The van der Waals surface area contributed by atoms with Crippen LogP contribution in [0.15, 0.2) is 29.4 Å². The Balaban J connectivity index is 2.23. The van der Waals surface area contributed by atoms with Crippen LogP contribution in [0.4, 0.5) is 15.3 Å². The van der Waals surface area contributed by atoms with Crippen LogP contribution in [0, 0.1) is 0 Å². The number of nitrogens with zero attached hydrogens (tertiary/aromatic N) is 4. The standard InChI is InChI=1S/C21H32N4O5/c1-20(2,3)29-18(26)24-13-11-23(17-9-7-16(8-10-17)15-22-28)12-14-25(24)19(27)30-21(4,5)6/h7-10,15,28H,11-14H2,1-6H3/b22-15+. The zero-order valence-corrected chi connectivity index (χ0v) is 18.6. The van der Waals surface area contributed by atoms with Gasteiger partial charge in [-0.1, -0.05) is 17.3 Å². The van der Waals surface area contributed by atoms with Crippen molar-refractivity contribution in [3.8, 4) is 0 Å². The second kappa shape index (κ2) is 9.23. The van der Waals surface area contributed by atoms with Crippen LogP contribution < -0.4 is 4.90 Å². The highest BCUT2D eigenvalue weighted by Gasteiger charge is 2.35. The van der Waals surface area contributed by atoms with Gasteiger partial charge >= 0.3 is 12.2 Å². The summed E-state index contributed by atoms with van der Waals surface area (Å²) in [6.45, 7) is 12.2. The number of anilines is 1. The second-order valence-corrected chi connectivity index (χ2v) is 9.03. The maximum absolute atomic E-state index is 12.8. The molecule has 1 fully saturated rings. The van der Waals surface area contributed by atoms with E-state index in [1.54, 1.807) is 41.5 Å². The van der Waals surface area contributed by atoms with Gasteiger partial charge in [-0.25, -0.2) is 19.6 Å². The van der Waals surface area contributed by atoms with Gasteiger partial charge in [-0.2, -0.15) is 0 Å². The molecule has 0 unspecified atom stereocenters. The van der Waals surface area contributed by atoms with Crippen molar-refractivity contribution >= 4 is 24.1 Å². The van der Waals surface area contributed by atoms with Crippen LogP contribution in [-0.4, -0.2) is 71.0 Å². The third-order valence-corrected chi connectivity index (χ3v) is 4.13. The van der Waals surface area contributed by atoms with Gasteiger partial charge in [0.2, 0.25) is 0 Å². The quantitative estimate of drug-likeness (QED) is 0.445. The van der Waals surface area contributed by atoms with Gasteiger partial charge in [0.15, 0.2) is 0 Å². The molecule has 0 bridgehead atoms. The van der Waals surface area contributed by atoms with Gasteiger partial charge in [0.1, 0.15) is 11.2 Å². The fourth-order valence-corrected chi connectivity index (χ4v) is 2.89. The van der Waals surface area contributed by atoms with E-state index in [1.807, 2.05) is 24.3 Å². The lowest BCUT2D eigenvalue weighted by molar-refractivity contribution is -0.0572. The molecule has 1 aliphatic heterocycles. The molecular weight excluding hydrogens is 388 g/mol. The zero-order chi connectivity index (χ0) is 22.5. The SMILES string of the molecule is CC(C)(C)OC(=O)N1CCN(c2ccc(/C=N/O)cc2)CCN1C(=O)OC(C)(C)C. The van der Waals surface area contributed by atoms with E-state index >= 15 is 0 Å². The smallest absolute Gasteiger partial charge is 0.429 e.